The number of thioether (sulfide) groups is 1. The van der Waals surface area contributed by atoms with Gasteiger partial charge in [0, 0.05) is 24.8 Å². The number of benzene rings is 2. The van der Waals surface area contributed by atoms with E-state index in [1.165, 1.54) is 17.3 Å². The molecule has 1 atom stereocenters. The molecule has 3 aromatic rings. The first-order chi connectivity index (χ1) is 16.0. The Hall–Kier alpha value is -3.13. The van der Waals surface area contributed by atoms with Gasteiger partial charge in [-0.05, 0) is 55.5 Å². The predicted molar refractivity (Wildman–Crippen MR) is 130 cm³/mol. The van der Waals surface area contributed by atoms with Gasteiger partial charge in [-0.2, -0.15) is 0 Å². The molecule has 0 bridgehead atoms. The van der Waals surface area contributed by atoms with Crippen LogP contribution in [0.3, 0.4) is 0 Å². The van der Waals surface area contributed by atoms with Crippen LogP contribution in [-0.2, 0) is 18.3 Å². The van der Waals surface area contributed by atoms with Crippen molar-refractivity contribution in [3.63, 3.8) is 0 Å². The Morgan fingerprint density at radius 1 is 1.12 bits per heavy atom. The zero-order valence-corrected chi connectivity index (χ0v) is 20.1. The summed E-state index contributed by atoms with van der Waals surface area (Å²) >= 11 is 1.34. The van der Waals surface area contributed by atoms with Gasteiger partial charge < -0.3 is 14.8 Å². The number of aryl methyl sites for hydroxylation is 2. The van der Waals surface area contributed by atoms with Gasteiger partial charge in [-0.1, -0.05) is 49.0 Å². The molecule has 7 nitrogen and oxygen atoms in total. The molecule has 0 aliphatic carbocycles. The first-order valence-electron chi connectivity index (χ1n) is 11.3. The van der Waals surface area contributed by atoms with Crippen LogP contribution in [0.15, 0.2) is 53.7 Å². The topological polar surface area (TPSA) is 80.1 Å². The molecule has 1 fully saturated rings. The van der Waals surface area contributed by atoms with Crippen LogP contribution in [0.25, 0.3) is 0 Å². The fourth-order valence-corrected chi connectivity index (χ4v) is 4.86. The zero-order chi connectivity index (χ0) is 23.4. The molecule has 1 aromatic heterocycles. The summed E-state index contributed by atoms with van der Waals surface area (Å²) in [7, 11) is 1.90. The molecule has 8 heteroatoms. The lowest BCUT2D eigenvalue weighted by molar-refractivity contribution is -0.113. The maximum Gasteiger partial charge on any atom is 0.254 e. The Labute approximate surface area is 198 Å². The highest BCUT2D eigenvalue weighted by Crippen LogP contribution is 2.33. The third-order valence-electron chi connectivity index (χ3n) is 6.03. The van der Waals surface area contributed by atoms with E-state index in [-0.39, 0.29) is 23.6 Å². The first-order valence-corrected chi connectivity index (χ1v) is 12.2. The minimum absolute atomic E-state index is 0.0290. The van der Waals surface area contributed by atoms with Crippen molar-refractivity contribution < 1.29 is 9.59 Å². The molecule has 1 N–H and O–H groups in total. The molecule has 1 aliphatic heterocycles. The smallest absolute Gasteiger partial charge is 0.254 e. The minimum atomic E-state index is -0.116. The molecule has 4 rings (SSSR count). The van der Waals surface area contributed by atoms with E-state index in [1.54, 1.807) is 0 Å². The molecule has 0 spiro atoms. The lowest BCUT2D eigenvalue weighted by Crippen LogP contribution is -2.32. The maximum absolute atomic E-state index is 13.2. The Morgan fingerprint density at radius 3 is 2.61 bits per heavy atom. The Balaban J connectivity index is 1.41. The van der Waals surface area contributed by atoms with Gasteiger partial charge >= 0.3 is 0 Å². The van der Waals surface area contributed by atoms with E-state index in [2.05, 4.69) is 22.4 Å². The normalized spacial score (nSPS) is 15.6. The first kappa shape index (κ1) is 23.0. The van der Waals surface area contributed by atoms with Gasteiger partial charge in [-0.15, -0.1) is 10.2 Å². The molecule has 0 radical (unpaired) electrons. The Kier molecular flexibility index (Phi) is 7.13. The molecule has 2 heterocycles. The molecule has 1 aliphatic rings. The molecule has 1 saturated heterocycles. The van der Waals surface area contributed by atoms with Crippen molar-refractivity contribution in [2.45, 2.75) is 44.3 Å². The van der Waals surface area contributed by atoms with Crippen LogP contribution in [0.5, 0.6) is 0 Å². The molecule has 1 unspecified atom stereocenters. The molecular formula is C25H29N5O2S. The summed E-state index contributed by atoms with van der Waals surface area (Å²) in [5, 5.41) is 12.3. The summed E-state index contributed by atoms with van der Waals surface area (Å²) in [6.45, 7) is 4.76. The highest BCUT2D eigenvalue weighted by Gasteiger charge is 2.34. The number of hydrogen-bond donors (Lipinski definition) is 1. The number of carbonyl (C=O) groups excluding carboxylic acids is 2. The van der Waals surface area contributed by atoms with Gasteiger partial charge in [0.05, 0.1) is 11.8 Å². The highest BCUT2D eigenvalue weighted by atomic mass is 32.2. The standard InChI is InChI=1S/C25H29N5O2S/c1-4-18-11-13-19(14-12-18)26-22(31)16-33-25-28-27-23(29(25)3)21-10-7-15-30(21)24(32)20-9-6-5-8-17(20)2/h5-6,8-9,11-14,21H,4,7,10,15-16H2,1-3H3,(H,26,31). The quantitative estimate of drug-likeness (QED) is 0.526. The van der Waals surface area contributed by atoms with Gasteiger partial charge in [-0.3, -0.25) is 9.59 Å². The van der Waals surface area contributed by atoms with Crippen molar-refractivity contribution >= 4 is 29.3 Å². The van der Waals surface area contributed by atoms with Crippen molar-refractivity contribution in [1.29, 1.82) is 0 Å². The summed E-state index contributed by atoms with van der Waals surface area (Å²) in [5.41, 5.74) is 3.71. The van der Waals surface area contributed by atoms with Crippen molar-refractivity contribution in [3.05, 3.63) is 71.0 Å². The average molecular weight is 464 g/mol. The van der Waals surface area contributed by atoms with Crippen LogP contribution in [0.1, 0.15) is 53.1 Å². The third-order valence-corrected chi connectivity index (χ3v) is 7.05. The SMILES string of the molecule is CCc1ccc(NC(=O)CSc2nnc(C3CCCN3C(=O)c3ccccc3C)n2C)cc1. The lowest BCUT2D eigenvalue weighted by Gasteiger charge is -2.24. The average Bonchev–Trinajstić information content (AvgIpc) is 3.44. The van der Waals surface area contributed by atoms with Crippen LogP contribution in [-0.4, -0.2) is 43.8 Å². The number of likely N-dealkylation sites (tertiary alicyclic amines) is 1. The number of aromatic nitrogens is 3. The van der Waals surface area contributed by atoms with Gasteiger partial charge in [0.2, 0.25) is 5.91 Å². The van der Waals surface area contributed by atoms with E-state index < -0.39 is 0 Å². The van der Waals surface area contributed by atoms with Gasteiger partial charge in [-0.25, -0.2) is 0 Å². The van der Waals surface area contributed by atoms with E-state index >= 15 is 0 Å². The second-order valence-corrected chi connectivity index (χ2v) is 9.20. The molecule has 2 amide bonds. The fourth-order valence-electron chi connectivity index (χ4n) is 4.14. The van der Waals surface area contributed by atoms with Crippen LogP contribution < -0.4 is 5.32 Å². The fraction of sp³-hybridized carbons (Fsp3) is 0.360. The van der Waals surface area contributed by atoms with Crippen molar-refractivity contribution in [1.82, 2.24) is 19.7 Å². The second kappa shape index (κ2) is 10.2. The zero-order valence-electron chi connectivity index (χ0n) is 19.2. The molecule has 172 valence electrons. The minimum Gasteiger partial charge on any atom is -0.328 e. The maximum atomic E-state index is 13.2. The Morgan fingerprint density at radius 2 is 1.88 bits per heavy atom. The van der Waals surface area contributed by atoms with Gasteiger partial charge in [0.25, 0.3) is 5.91 Å². The third kappa shape index (κ3) is 5.11. The van der Waals surface area contributed by atoms with Crippen LogP contribution in [0.2, 0.25) is 0 Å². The van der Waals surface area contributed by atoms with Gasteiger partial charge in [0.15, 0.2) is 11.0 Å². The highest BCUT2D eigenvalue weighted by molar-refractivity contribution is 7.99. The summed E-state index contributed by atoms with van der Waals surface area (Å²) in [6, 6.07) is 15.4. The van der Waals surface area contributed by atoms with E-state index in [0.717, 1.165) is 41.9 Å². The summed E-state index contributed by atoms with van der Waals surface area (Å²) in [6.07, 6.45) is 2.74. The molecule has 2 aromatic carbocycles. The number of amides is 2. The number of anilines is 1. The predicted octanol–water partition coefficient (Wildman–Crippen LogP) is 4.39. The molecule has 0 saturated carbocycles. The van der Waals surface area contributed by atoms with Crippen LogP contribution in [0, 0.1) is 6.92 Å². The number of carbonyl (C=O) groups is 2. The monoisotopic (exact) mass is 463 g/mol. The van der Waals surface area contributed by atoms with E-state index in [4.69, 9.17) is 0 Å². The lowest BCUT2D eigenvalue weighted by atomic mass is 10.1. The van der Waals surface area contributed by atoms with Crippen molar-refractivity contribution in [2.75, 3.05) is 17.6 Å². The molecular weight excluding hydrogens is 434 g/mol. The summed E-state index contributed by atoms with van der Waals surface area (Å²) in [5.74, 6) is 0.928. The van der Waals surface area contributed by atoms with Crippen LogP contribution in [0.4, 0.5) is 5.69 Å². The second-order valence-electron chi connectivity index (χ2n) is 8.26. The van der Waals surface area contributed by atoms with E-state index in [1.807, 2.05) is 72.0 Å². The summed E-state index contributed by atoms with van der Waals surface area (Å²) < 4.78 is 1.90. The largest absolute Gasteiger partial charge is 0.328 e. The van der Waals surface area contributed by atoms with E-state index in [0.29, 0.717) is 11.7 Å². The van der Waals surface area contributed by atoms with E-state index in [9.17, 15) is 9.59 Å². The number of rotatable bonds is 7. The Bertz CT molecular complexity index is 1140. The summed E-state index contributed by atoms with van der Waals surface area (Å²) in [4.78, 5) is 27.5. The van der Waals surface area contributed by atoms with Crippen molar-refractivity contribution in [3.8, 4) is 0 Å². The van der Waals surface area contributed by atoms with Gasteiger partial charge in [0.1, 0.15) is 0 Å². The number of nitrogens with zero attached hydrogens (tertiary/aromatic N) is 4. The number of hydrogen-bond acceptors (Lipinski definition) is 5. The van der Waals surface area contributed by atoms with Crippen LogP contribution >= 0.6 is 11.8 Å². The van der Waals surface area contributed by atoms with Crippen molar-refractivity contribution in [2.24, 2.45) is 7.05 Å². The number of nitrogens with one attached hydrogen (secondary N) is 1. The molecule has 33 heavy (non-hydrogen) atoms.